The van der Waals surface area contributed by atoms with Crippen LogP contribution in [0.2, 0.25) is 0 Å². The molecule has 0 aliphatic rings. The highest BCUT2D eigenvalue weighted by Gasteiger charge is 2.08. The fourth-order valence-electron chi connectivity index (χ4n) is 0.550. The van der Waals surface area contributed by atoms with Crippen molar-refractivity contribution in [3.8, 4) is 0 Å². The molecule has 0 aliphatic carbocycles. The van der Waals surface area contributed by atoms with E-state index in [0.717, 1.165) is 19.1 Å². The maximum Gasteiger partial charge on any atom is 0.309 e. The largest absolute Gasteiger partial charge is 0.469 e. The van der Waals surface area contributed by atoms with Crippen LogP contribution in [0.3, 0.4) is 0 Å². The number of hydrogen-bond donors (Lipinski definition) is 0. The summed E-state index contributed by atoms with van der Waals surface area (Å²) in [7, 11) is 1.20. The van der Waals surface area contributed by atoms with E-state index in [1.54, 1.807) is 0 Å². The van der Waals surface area contributed by atoms with Crippen molar-refractivity contribution >= 4 is 5.97 Å². The Kier molecular flexibility index (Phi) is 5.13. The van der Waals surface area contributed by atoms with Crippen LogP contribution >= 0.6 is 0 Å². The normalized spacial score (nSPS) is 12.5. The molecule has 0 rings (SSSR count). The quantitative estimate of drug-likeness (QED) is 0.301. The fourth-order valence-corrected chi connectivity index (χ4v) is 0.550. The number of allylic oxidation sites excluding steroid dienone is 3. The highest BCUT2D eigenvalue weighted by molar-refractivity contribution is 5.70. The van der Waals surface area contributed by atoms with E-state index in [9.17, 15) is 19.3 Å². The van der Waals surface area contributed by atoms with Crippen molar-refractivity contribution in [1.29, 1.82) is 0 Å². The van der Waals surface area contributed by atoms with Crippen LogP contribution in [0.15, 0.2) is 23.7 Å². The van der Waals surface area contributed by atoms with Crippen molar-refractivity contribution in [2.45, 2.75) is 13.3 Å². The molecule has 5 nitrogen and oxygen atoms in total. The Bertz CT molecular complexity index is 296. The minimum absolute atomic E-state index is 0.116. The Hall–Kier alpha value is -1.72. The molecule has 0 spiro atoms. The van der Waals surface area contributed by atoms with Gasteiger partial charge in [-0.3, -0.25) is 14.9 Å². The van der Waals surface area contributed by atoms with Crippen LogP contribution in [-0.2, 0) is 9.53 Å². The molecule has 0 atom stereocenters. The molecule has 0 aliphatic heterocycles. The summed E-state index contributed by atoms with van der Waals surface area (Å²) in [4.78, 5) is 19.8. The first kappa shape index (κ1) is 12.3. The van der Waals surface area contributed by atoms with Crippen LogP contribution in [0.25, 0.3) is 0 Å². The van der Waals surface area contributed by atoms with Gasteiger partial charge in [-0.2, -0.15) is 4.39 Å². The fraction of sp³-hybridized carbons (Fsp3) is 0.375. The molecule has 6 heteroatoms. The van der Waals surface area contributed by atoms with Crippen molar-refractivity contribution in [2.24, 2.45) is 0 Å². The first-order valence-electron chi connectivity index (χ1n) is 3.73. The molecule has 0 N–H and O–H groups in total. The third kappa shape index (κ3) is 4.34. The number of rotatable bonds is 4. The van der Waals surface area contributed by atoms with E-state index in [2.05, 4.69) is 4.74 Å². The average Bonchev–Trinajstić information content (AvgIpc) is 2.15. The highest BCUT2D eigenvalue weighted by Crippen LogP contribution is 2.08. The molecule has 14 heavy (non-hydrogen) atoms. The molecule has 0 saturated heterocycles. The van der Waals surface area contributed by atoms with Crippen molar-refractivity contribution in [1.82, 2.24) is 0 Å². The highest BCUT2D eigenvalue weighted by atomic mass is 19.1. The molecule has 0 amide bonds. The Morgan fingerprint density at radius 1 is 1.64 bits per heavy atom. The number of halogens is 1. The molecule has 0 aromatic carbocycles. The summed E-state index contributed by atoms with van der Waals surface area (Å²) in [5.41, 5.74) is -0.592. The molecule has 78 valence electrons. The number of carbonyl (C=O) groups excluding carboxylic acids is 1. The molecular formula is C8H10FNO4. The Balaban J connectivity index is 4.31. The first-order chi connectivity index (χ1) is 6.49. The lowest BCUT2D eigenvalue weighted by Gasteiger charge is -1.92. The first-order valence-corrected chi connectivity index (χ1v) is 3.73. The maximum atomic E-state index is 12.8. The summed E-state index contributed by atoms with van der Waals surface area (Å²) < 4.78 is 17.1. The van der Waals surface area contributed by atoms with Gasteiger partial charge in [0.2, 0.25) is 0 Å². The summed E-state index contributed by atoms with van der Waals surface area (Å²) in [5, 5.41) is 10.1. The summed E-state index contributed by atoms with van der Waals surface area (Å²) in [6.07, 6.45) is 1.91. The van der Waals surface area contributed by atoms with Gasteiger partial charge in [-0.05, 0) is 6.08 Å². The van der Waals surface area contributed by atoms with Crippen LogP contribution in [0.1, 0.15) is 13.3 Å². The molecule has 0 radical (unpaired) electrons. The third-order valence-corrected chi connectivity index (χ3v) is 1.40. The second kappa shape index (κ2) is 5.85. The van der Waals surface area contributed by atoms with Gasteiger partial charge in [0, 0.05) is 6.92 Å². The van der Waals surface area contributed by atoms with E-state index in [1.165, 1.54) is 7.11 Å². The van der Waals surface area contributed by atoms with Crippen LogP contribution in [-0.4, -0.2) is 18.0 Å². The minimum atomic E-state index is -0.973. The second-order valence-electron chi connectivity index (χ2n) is 2.37. The Morgan fingerprint density at radius 2 is 2.21 bits per heavy atom. The topological polar surface area (TPSA) is 69.4 Å². The molecule has 0 saturated carbocycles. The second-order valence-corrected chi connectivity index (χ2v) is 2.37. The van der Waals surface area contributed by atoms with Gasteiger partial charge in [-0.25, -0.2) is 0 Å². The van der Waals surface area contributed by atoms with Gasteiger partial charge in [0.25, 0.3) is 5.70 Å². The summed E-state index contributed by atoms with van der Waals surface area (Å²) in [5.74, 6) is -1.51. The van der Waals surface area contributed by atoms with Crippen LogP contribution < -0.4 is 0 Å². The molecule has 0 heterocycles. The molecule has 0 unspecified atom stereocenters. The zero-order chi connectivity index (χ0) is 11.1. The lowest BCUT2D eigenvalue weighted by molar-refractivity contribution is -0.426. The van der Waals surface area contributed by atoms with Gasteiger partial charge in [0.1, 0.15) is 0 Å². The lowest BCUT2D eigenvalue weighted by atomic mass is 10.3. The zero-order valence-corrected chi connectivity index (χ0v) is 7.82. The number of esters is 1. The lowest BCUT2D eigenvalue weighted by Crippen LogP contribution is -1.97. The van der Waals surface area contributed by atoms with E-state index in [1.807, 2.05) is 0 Å². The SMILES string of the molecule is COC(=O)C/C=C\C(F)=C(/C)[N+](=O)[O-]. The summed E-state index contributed by atoms with van der Waals surface area (Å²) in [6.45, 7) is 1.04. The van der Waals surface area contributed by atoms with Gasteiger partial charge >= 0.3 is 5.97 Å². The van der Waals surface area contributed by atoms with Crippen LogP contribution in [0, 0.1) is 10.1 Å². The van der Waals surface area contributed by atoms with E-state index in [0.29, 0.717) is 0 Å². The van der Waals surface area contributed by atoms with Crippen molar-refractivity contribution < 1.29 is 18.8 Å². The van der Waals surface area contributed by atoms with Gasteiger partial charge in [0.05, 0.1) is 18.5 Å². The molecular weight excluding hydrogens is 193 g/mol. The van der Waals surface area contributed by atoms with Gasteiger partial charge in [0.15, 0.2) is 5.83 Å². The minimum Gasteiger partial charge on any atom is -0.469 e. The van der Waals surface area contributed by atoms with Crippen LogP contribution in [0.4, 0.5) is 4.39 Å². The number of hydrogen-bond acceptors (Lipinski definition) is 4. The standard InChI is InChI=1S/C8H10FNO4/c1-6(10(12)13)7(9)4-3-5-8(11)14-2/h3-4H,5H2,1-2H3/b4-3-,7-6-. The Labute approximate surface area is 80.0 Å². The molecule has 0 aromatic rings. The van der Waals surface area contributed by atoms with E-state index >= 15 is 0 Å². The van der Waals surface area contributed by atoms with E-state index in [-0.39, 0.29) is 6.42 Å². The number of methoxy groups -OCH3 is 1. The van der Waals surface area contributed by atoms with Crippen molar-refractivity contribution in [3.63, 3.8) is 0 Å². The zero-order valence-electron chi connectivity index (χ0n) is 7.82. The molecule has 0 bridgehead atoms. The molecule has 0 fully saturated rings. The van der Waals surface area contributed by atoms with Gasteiger partial charge in [-0.1, -0.05) is 6.08 Å². The third-order valence-electron chi connectivity index (χ3n) is 1.40. The predicted octanol–water partition coefficient (Wildman–Crippen LogP) is 1.58. The smallest absolute Gasteiger partial charge is 0.309 e. The Morgan fingerprint density at radius 3 is 2.64 bits per heavy atom. The predicted molar refractivity (Wildman–Crippen MR) is 46.6 cm³/mol. The van der Waals surface area contributed by atoms with E-state index < -0.39 is 22.4 Å². The summed E-state index contributed by atoms with van der Waals surface area (Å²) in [6, 6.07) is 0. The van der Waals surface area contributed by atoms with Crippen LogP contribution in [0.5, 0.6) is 0 Å². The number of carbonyl (C=O) groups is 1. The summed E-state index contributed by atoms with van der Waals surface area (Å²) >= 11 is 0. The number of ether oxygens (including phenoxy) is 1. The number of nitro groups is 1. The maximum absolute atomic E-state index is 12.8. The van der Waals surface area contributed by atoms with Gasteiger partial charge < -0.3 is 4.74 Å². The number of nitrogens with zero attached hydrogens (tertiary/aromatic N) is 1. The van der Waals surface area contributed by atoms with Crippen molar-refractivity contribution in [2.75, 3.05) is 7.11 Å². The molecule has 0 aromatic heterocycles. The van der Waals surface area contributed by atoms with Crippen molar-refractivity contribution in [3.05, 3.63) is 33.8 Å². The van der Waals surface area contributed by atoms with Gasteiger partial charge in [-0.15, -0.1) is 0 Å². The van der Waals surface area contributed by atoms with E-state index in [4.69, 9.17) is 0 Å². The monoisotopic (exact) mass is 203 g/mol. The average molecular weight is 203 g/mol.